The lowest BCUT2D eigenvalue weighted by molar-refractivity contribution is 0.405. The van der Waals surface area contributed by atoms with Gasteiger partial charge in [0, 0.05) is 19.0 Å². The summed E-state index contributed by atoms with van der Waals surface area (Å²) < 4.78 is 0. The Kier molecular flexibility index (Phi) is 3.59. The number of aromatic nitrogens is 2. The highest BCUT2D eigenvalue weighted by Gasteiger charge is 2.21. The van der Waals surface area contributed by atoms with Crippen LogP contribution in [-0.4, -0.2) is 29.2 Å². The highest BCUT2D eigenvalue weighted by atomic mass is 35.5. The zero-order valence-electron chi connectivity index (χ0n) is 8.03. The van der Waals surface area contributed by atoms with E-state index in [4.69, 9.17) is 11.6 Å². The normalized spacial score (nSPS) is 22.6. The van der Waals surface area contributed by atoms with Crippen LogP contribution in [0.4, 0.5) is 5.13 Å². The molecule has 1 aliphatic heterocycles. The summed E-state index contributed by atoms with van der Waals surface area (Å²) >= 11 is 7.38. The van der Waals surface area contributed by atoms with Gasteiger partial charge in [0.05, 0.1) is 0 Å². The Morgan fingerprint density at radius 1 is 1.64 bits per heavy atom. The molecule has 0 bridgehead atoms. The lowest BCUT2D eigenvalue weighted by Crippen LogP contribution is -2.35. The van der Waals surface area contributed by atoms with Crippen LogP contribution in [0.5, 0.6) is 0 Å². The Labute approximate surface area is 93.1 Å². The molecular weight excluding hydrogens is 218 g/mol. The molecule has 2 heterocycles. The fraction of sp³-hybridized carbons (Fsp3) is 0.778. The van der Waals surface area contributed by atoms with Gasteiger partial charge < -0.3 is 4.90 Å². The molecule has 0 saturated carbocycles. The van der Waals surface area contributed by atoms with Crippen LogP contribution in [0.25, 0.3) is 0 Å². The monoisotopic (exact) mass is 231 g/mol. The number of alkyl halides is 1. The molecule has 1 aliphatic rings. The number of piperidine rings is 1. The first kappa shape index (κ1) is 10.2. The summed E-state index contributed by atoms with van der Waals surface area (Å²) in [5.41, 5.74) is 1.79. The molecule has 1 saturated heterocycles. The van der Waals surface area contributed by atoms with Crippen LogP contribution in [0.15, 0.2) is 5.51 Å². The standard InChI is InChI=1S/C9H14ClN3S/c10-4-3-8-2-1-5-13(6-8)9-12-11-7-14-9/h7-8H,1-6H2. The van der Waals surface area contributed by atoms with E-state index in [0.717, 1.165) is 36.4 Å². The zero-order chi connectivity index (χ0) is 9.80. The third kappa shape index (κ3) is 2.36. The predicted octanol–water partition coefficient (Wildman–Crippen LogP) is 2.38. The lowest BCUT2D eigenvalue weighted by Gasteiger charge is -2.31. The third-order valence-electron chi connectivity index (χ3n) is 2.66. The van der Waals surface area contributed by atoms with Gasteiger partial charge in [0.25, 0.3) is 0 Å². The molecule has 1 unspecified atom stereocenters. The van der Waals surface area contributed by atoms with E-state index >= 15 is 0 Å². The summed E-state index contributed by atoms with van der Waals surface area (Å²) in [4.78, 5) is 2.33. The van der Waals surface area contributed by atoms with Gasteiger partial charge in [-0.15, -0.1) is 21.8 Å². The van der Waals surface area contributed by atoms with Crippen LogP contribution in [0, 0.1) is 5.92 Å². The molecular formula is C9H14ClN3S. The Morgan fingerprint density at radius 3 is 3.29 bits per heavy atom. The van der Waals surface area contributed by atoms with Gasteiger partial charge in [0.2, 0.25) is 5.13 Å². The largest absolute Gasteiger partial charge is 0.346 e. The quantitative estimate of drug-likeness (QED) is 0.748. The number of anilines is 1. The van der Waals surface area contributed by atoms with Crippen LogP contribution in [0.1, 0.15) is 19.3 Å². The fourth-order valence-corrected chi connectivity index (χ4v) is 2.84. The molecule has 1 aromatic rings. The topological polar surface area (TPSA) is 29.0 Å². The van der Waals surface area contributed by atoms with Crippen molar-refractivity contribution in [1.82, 2.24) is 10.2 Å². The molecule has 0 radical (unpaired) electrons. The number of nitrogens with zero attached hydrogens (tertiary/aromatic N) is 3. The summed E-state index contributed by atoms with van der Waals surface area (Å²) in [5.74, 6) is 1.51. The summed E-state index contributed by atoms with van der Waals surface area (Å²) in [6, 6.07) is 0. The van der Waals surface area contributed by atoms with E-state index in [1.54, 1.807) is 16.8 Å². The second-order valence-electron chi connectivity index (χ2n) is 3.65. The summed E-state index contributed by atoms with van der Waals surface area (Å²) in [6.45, 7) is 2.22. The molecule has 14 heavy (non-hydrogen) atoms. The van der Waals surface area contributed by atoms with E-state index in [-0.39, 0.29) is 0 Å². The average Bonchev–Trinajstić information content (AvgIpc) is 2.71. The van der Waals surface area contributed by atoms with E-state index in [2.05, 4.69) is 15.1 Å². The number of hydrogen-bond acceptors (Lipinski definition) is 4. The number of rotatable bonds is 3. The minimum absolute atomic E-state index is 0.741. The summed E-state index contributed by atoms with van der Waals surface area (Å²) in [6.07, 6.45) is 3.68. The molecule has 5 heteroatoms. The molecule has 0 amide bonds. The van der Waals surface area contributed by atoms with Crippen LogP contribution in [0.2, 0.25) is 0 Å². The Bertz CT molecular complexity index is 263. The second kappa shape index (κ2) is 4.94. The minimum atomic E-state index is 0.741. The molecule has 0 aliphatic carbocycles. The SMILES string of the molecule is ClCCC1CCCN(c2nncs2)C1. The maximum absolute atomic E-state index is 5.76. The van der Waals surface area contributed by atoms with E-state index in [1.807, 2.05) is 0 Å². The van der Waals surface area contributed by atoms with Gasteiger partial charge in [-0.2, -0.15) is 0 Å². The molecule has 3 nitrogen and oxygen atoms in total. The first-order valence-corrected chi connectivity index (χ1v) is 6.38. The van der Waals surface area contributed by atoms with Gasteiger partial charge in [-0.05, 0) is 25.2 Å². The van der Waals surface area contributed by atoms with Crippen LogP contribution < -0.4 is 4.90 Å². The summed E-state index contributed by atoms with van der Waals surface area (Å²) in [5, 5.41) is 9.02. The van der Waals surface area contributed by atoms with Crippen molar-refractivity contribution in [2.24, 2.45) is 5.92 Å². The predicted molar refractivity (Wildman–Crippen MR) is 60.2 cm³/mol. The molecule has 0 spiro atoms. The van der Waals surface area contributed by atoms with Crippen molar-refractivity contribution in [1.29, 1.82) is 0 Å². The van der Waals surface area contributed by atoms with E-state index in [0.29, 0.717) is 0 Å². The van der Waals surface area contributed by atoms with Crippen LogP contribution in [-0.2, 0) is 0 Å². The maximum atomic E-state index is 5.76. The van der Waals surface area contributed by atoms with Crippen molar-refractivity contribution in [2.75, 3.05) is 23.9 Å². The molecule has 1 fully saturated rings. The zero-order valence-corrected chi connectivity index (χ0v) is 9.60. The third-order valence-corrected chi connectivity index (χ3v) is 3.62. The molecule has 0 N–H and O–H groups in total. The Balaban J connectivity index is 1.94. The highest BCUT2D eigenvalue weighted by Crippen LogP contribution is 2.25. The van der Waals surface area contributed by atoms with Crippen molar-refractivity contribution >= 4 is 28.1 Å². The highest BCUT2D eigenvalue weighted by molar-refractivity contribution is 7.13. The summed E-state index contributed by atoms with van der Waals surface area (Å²) in [7, 11) is 0. The van der Waals surface area contributed by atoms with E-state index in [1.165, 1.54) is 12.8 Å². The van der Waals surface area contributed by atoms with E-state index in [9.17, 15) is 0 Å². The van der Waals surface area contributed by atoms with Crippen molar-refractivity contribution in [3.8, 4) is 0 Å². The number of halogens is 1. The van der Waals surface area contributed by atoms with Gasteiger partial charge >= 0.3 is 0 Å². The van der Waals surface area contributed by atoms with Gasteiger partial charge in [0.1, 0.15) is 5.51 Å². The van der Waals surface area contributed by atoms with Crippen molar-refractivity contribution < 1.29 is 0 Å². The smallest absolute Gasteiger partial charge is 0.208 e. The molecule has 0 aromatic carbocycles. The second-order valence-corrected chi connectivity index (χ2v) is 4.84. The van der Waals surface area contributed by atoms with Crippen molar-refractivity contribution in [3.63, 3.8) is 0 Å². The van der Waals surface area contributed by atoms with E-state index < -0.39 is 0 Å². The van der Waals surface area contributed by atoms with Gasteiger partial charge in [-0.3, -0.25) is 0 Å². The maximum Gasteiger partial charge on any atom is 0.208 e. The van der Waals surface area contributed by atoms with Crippen LogP contribution >= 0.6 is 22.9 Å². The first-order valence-electron chi connectivity index (χ1n) is 4.97. The van der Waals surface area contributed by atoms with Crippen LogP contribution in [0.3, 0.4) is 0 Å². The van der Waals surface area contributed by atoms with Gasteiger partial charge in [-0.1, -0.05) is 11.3 Å². The Morgan fingerprint density at radius 2 is 2.57 bits per heavy atom. The van der Waals surface area contributed by atoms with Crippen molar-refractivity contribution in [3.05, 3.63) is 5.51 Å². The molecule has 1 aromatic heterocycles. The average molecular weight is 232 g/mol. The fourth-order valence-electron chi connectivity index (χ4n) is 1.93. The van der Waals surface area contributed by atoms with Crippen molar-refractivity contribution in [2.45, 2.75) is 19.3 Å². The van der Waals surface area contributed by atoms with Gasteiger partial charge in [-0.25, -0.2) is 0 Å². The Hall–Kier alpha value is -0.350. The van der Waals surface area contributed by atoms with Gasteiger partial charge in [0.15, 0.2) is 0 Å². The molecule has 1 atom stereocenters. The number of hydrogen-bond donors (Lipinski definition) is 0. The lowest BCUT2D eigenvalue weighted by atomic mass is 9.96. The first-order chi connectivity index (χ1) is 6.90. The molecule has 78 valence electrons. The molecule has 2 rings (SSSR count). The minimum Gasteiger partial charge on any atom is -0.346 e.